The van der Waals surface area contributed by atoms with E-state index in [-0.39, 0.29) is 11.7 Å². The van der Waals surface area contributed by atoms with E-state index >= 15 is 0 Å². The molecule has 0 fully saturated rings. The molecule has 2 heterocycles. The van der Waals surface area contributed by atoms with Crippen LogP contribution in [0, 0.1) is 11.2 Å². The van der Waals surface area contributed by atoms with Gasteiger partial charge in [-0.25, -0.2) is 4.39 Å². The number of aromatic nitrogens is 1. The molecular formula is C15H15FN4. The van der Waals surface area contributed by atoms with Crippen LogP contribution in [0.4, 0.5) is 10.1 Å². The van der Waals surface area contributed by atoms with Gasteiger partial charge in [0.2, 0.25) is 0 Å². The van der Waals surface area contributed by atoms with Gasteiger partial charge in [0.1, 0.15) is 17.3 Å². The van der Waals surface area contributed by atoms with E-state index in [2.05, 4.69) is 9.88 Å². The lowest BCUT2D eigenvalue weighted by Crippen LogP contribution is -2.20. The molecule has 3 rings (SSSR count). The maximum absolute atomic E-state index is 13.4. The lowest BCUT2D eigenvalue weighted by Gasteiger charge is -2.19. The number of pyridine rings is 1. The highest BCUT2D eigenvalue weighted by Gasteiger charge is 2.19. The topological polar surface area (TPSA) is 66.0 Å². The summed E-state index contributed by atoms with van der Waals surface area (Å²) in [5.41, 5.74) is 9.06. The molecule has 20 heavy (non-hydrogen) atoms. The fourth-order valence-corrected chi connectivity index (χ4v) is 2.52. The summed E-state index contributed by atoms with van der Waals surface area (Å²) < 4.78 is 13.4. The minimum absolute atomic E-state index is 0.0419. The maximum Gasteiger partial charge on any atom is 0.141 e. The van der Waals surface area contributed by atoms with Crippen LogP contribution in [0.15, 0.2) is 36.5 Å². The van der Waals surface area contributed by atoms with Crippen LogP contribution in [0.1, 0.15) is 16.8 Å². The van der Waals surface area contributed by atoms with Gasteiger partial charge in [-0.15, -0.1) is 0 Å². The van der Waals surface area contributed by atoms with Crippen molar-refractivity contribution in [3.63, 3.8) is 0 Å². The van der Waals surface area contributed by atoms with Crippen LogP contribution in [0.25, 0.3) is 0 Å². The Bertz CT molecular complexity index is 669. The van der Waals surface area contributed by atoms with Crippen LogP contribution in [-0.4, -0.2) is 17.4 Å². The summed E-state index contributed by atoms with van der Waals surface area (Å²) in [5.74, 6) is -0.255. The molecule has 3 N–H and O–H groups in total. The summed E-state index contributed by atoms with van der Waals surface area (Å²) in [6, 6.07) is 8.62. The highest BCUT2D eigenvalue weighted by molar-refractivity contribution is 5.93. The number of anilines is 1. The van der Waals surface area contributed by atoms with E-state index in [1.807, 2.05) is 12.1 Å². The average Bonchev–Trinajstić information content (AvgIpc) is 2.82. The summed E-state index contributed by atoms with van der Waals surface area (Å²) in [4.78, 5) is 6.18. The Kier molecular flexibility index (Phi) is 3.10. The molecule has 2 aromatic rings. The first-order valence-electron chi connectivity index (χ1n) is 6.46. The Hall–Kier alpha value is -2.43. The van der Waals surface area contributed by atoms with Gasteiger partial charge in [0.05, 0.1) is 0 Å². The third-order valence-corrected chi connectivity index (χ3v) is 3.51. The van der Waals surface area contributed by atoms with Gasteiger partial charge in [-0.2, -0.15) is 0 Å². The van der Waals surface area contributed by atoms with Crippen molar-refractivity contribution in [3.05, 3.63) is 59.2 Å². The van der Waals surface area contributed by atoms with Crippen LogP contribution < -0.4 is 10.6 Å². The highest BCUT2D eigenvalue weighted by atomic mass is 19.1. The smallest absolute Gasteiger partial charge is 0.141 e. The van der Waals surface area contributed by atoms with Gasteiger partial charge in [-0.1, -0.05) is 6.07 Å². The summed E-state index contributed by atoms with van der Waals surface area (Å²) >= 11 is 0. The zero-order chi connectivity index (χ0) is 14.1. The summed E-state index contributed by atoms with van der Waals surface area (Å²) in [6.45, 7) is 1.54. The SMILES string of the molecule is N=C(N)c1cc(CN2CCc3ccc(F)cc32)ccn1. The van der Waals surface area contributed by atoms with Crippen LogP contribution in [0.3, 0.4) is 0 Å². The minimum atomic E-state index is -0.213. The second-order valence-electron chi connectivity index (χ2n) is 4.91. The summed E-state index contributed by atoms with van der Waals surface area (Å²) in [6.07, 6.45) is 2.58. The number of hydrogen-bond acceptors (Lipinski definition) is 3. The van der Waals surface area contributed by atoms with Crippen LogP contribution in [0.2, 0.25) is 0 Å². The molecule has 0 saturated carbocycles. The number of nitrogens with one attached hydrogen (secondary N) is 1. The molecule has 1 aliphatic heterocycles. The molecular weight excluding hydrogens is 255 g/mol. The molecule has 5 heteroatoms. The molecule has 4 nitrogen and oxygen atoms in total. The Labute approximate surface area is 116 Å². The van der Waals surface area contributed by atoms with Crippen molar-refractivity contribution < 1.29 is 4.39 Å². The van der Waals surface area contributed by atoms with Gasteiger partial charge in [0.15, 0.2) is 0 Å². The molecule has 102 valence electrons. The molecule has 0 atom stereocenters. The van der Waals surface area contributed by atoms with E-state index in [9.17, 15) is 4.39 Å². The van der Waals surface area contributed by atoms with Gasteiger partial charge >= 0.3 is 0 Å². The van der Waals surface area contributed by atoms with Gasteiger partial charge in [-0.05, 0) is 41.8 Å². The number of halogens is 1. The van der Waals surface area contributed by atoms with E-state index < -0.39 is 0 Å². The zero-order valence-corrected chi connectivity index (χ0v) is 10.9. The van der Waals surface area contributed by atoms with Crippen molar-refractivity contribution in [2.45, 2.75) is 13.0 Å². The van der Waals surface area contributed by atoms with E-state index in [0.29, 0.717) is 12.2 Å². The lowest BCUT2D eigenvalue weighted by molar-refractivity contribution is 0.627. The second kappa shape index (κ2) is 4.92. The van der Waals surface area contributed by atoms with Crippen molar-refractivity contribution in [2.24, 2.45) is 5.73 Å². The third kappa shape index (κ3) is 2.34. The summed E-state index contributed by atoms with van der Waals surface area (Å²) in [5, 5.41) is 7.41. The first-order valence-corrected chi connectivity index (χ1v) is 6.46. The summed E-state index contributed by atoms with van der Waals surface area (Å²) in [7, 11) is 0. The van der Waals surface area contributed by atoms with Gasteiger partial charge in [-0.3, -0.25) is 10.4 Å². The number of fused-ring (bicyclic) bond motifs is 1. The molecule has 0 saturated heterocycles. The maximum atomic E-state index is 13.4. The second-order valence-corrected chi connectivity index (χ2v) is 4.91. The molecule has 0 bridgehead atoms. The largest absolute Gasteiger partial charge is 0.382 e. The van der Waals surface area contributed by atoms with Crippen molar-refractivity contribution in [3.8, 4) is 0 Å². The number of amidine groups is 1. The minimum Gasteiger partial charge on any atom is -0.382 e. The van der Waals surface area contributed by atoms with E-state index in [1.54, 1.807) is 18.3 Å². The molecule has 0 amide bonds. The number of hydrogen-bond donors (Lipinski definition) is 2. The van der Waals surface area contributed by atoms with Crippen LogP contribution in [-0.2, 0) is 13.0 Å². The number of nitrogens with zero attached hydrogens (tertiary/aromatic N) is 2. The Morgan fingerprint density at radius 2 is 2.20 bits per heavy atom. The van der Waals surface area contributed by atoms with E-state index in [4.69, 9.17) is 11.1 Å². The molecule has 1 aromatic heterocycles. The molecule has 0 aliphatic carbocycles. The Balaban J connectivity index is 1.85. The predicted molar refractivity (Wildman–Crippen MR) is 76.4 cm³/mol. The van der Waals surface area contributed by atoms with E-state index in [0.717, 1.165) is 24.2 Å². The average molecular weight is 270 g/mol. The number of benzene rings is 1. The van der Waals surface area contributed by atoms with Crippen LogP contribution in [0.5, 0.6) is 0 Å². The first-order chi connectivity index (χ1) is 9.63. The van der Waals surface area contributed by atoms with Gasteiger partial charge in [0.25, 0.3) is 0 Å². The first kappa shape index (κ1) is 12.6. The Morgan fingerprint density at radius 1 is 1.35 bits per heavy atom. The molecule has 0 spiro atoms. The highest BCUT2D eigenvalue weighted by Crippen LogP contribution is 2.29. The van der Waals surface area contributed by atoms with Gasteiger partial charge in [0, 0.05) is 25.0 Å². The normalized spacial score (nSPS) is 13.3. The van der Waals surface area contributed by atoms with Gasteiger partial charge < -0.3 is 10.6 Å². The molecule has 1 aliphatic rings. The predicted octanol–water partition coefficient (Wildman–Crippen LogP) is 2.07. The number of nitrogens with two attached hydrogens (primary N) is 1. The van der Waals surface area contributed by atoms with Crippen molar-refractivity contribution in [2.75, 3.05) is 11.4 Å². The molecule has 1 aromatic carbocycles. The number of rotatable bonds is 3. The lowest BCUT2D eigenvalue weighted by atomic mass is 10.1. The number of nitrogen functional groups attached to an aromatic ring is 1. The van der Waals surface area contributed by atoms with Crippen LogP contribution >= 0.6 is 0 Å². The van der Waals surface area contributed by atoms with Crippen molar-refractivity contribution in [1.29, 1.82) is 5.41 Å². The van der Waals surface area contributed by atoms with Crippen molar-refractivity contribution in [1.82, 2.24) is 4.98 Å². The van der Waals surface area contributed by atoms with Crippen molar-refractivity contribution >= 4 is 11.5 Å². The molecule has 0 unspecified atom stereocenters. The monoisotopic (exact) mass is 270 g/mol. The van der Waals surface area contributed by atoms with E-state index in [1.165, 1.54) is 11.6 Å². The Morgan fingerprint density at radius 3 is 3.00 bits per heavy atom. The fraction of sp³-hybridized carbons (Fsp3) is 0.200. The fourth-order valence-electron chi connectivity index (χ4n) is 2.52. The zero-order valence-electron chi connectivity index (χ0n) is 10.9. The standard InChI is InChI=1S/C15H15FN4/c16-12-2-1-11-4-6-20(14(11)8-12)9-10-3-5-19-13(7-10)15(17)18/h1-3,5,7-8H,4,6,9H2,(H3,17,18). The quantitative estimate of drug-likeness (QED) is 0.663. The third-order valence-electron chi connectivity index (χ3n) is 3.51. The molecule has 0 radical (unpaired) electrons.